The number of rotatable bonds is 6. The molecule has 0 radical (unpaired) electrons. The number of ether oxygens (including phenoxy) is 1. The molecule has 0 aliphatic carbocycles. The van der Waals surface area contributed by atoms with Gasteiger partial charge in [-0.1, -0.05) is 0 Å². The van der Waals surface area contributed by atoms with Crippen molar-refractivity contribution in [2.45, 2.75) is 18.9 Å². The van der Waals surface area contributed by atoms with Gasteiger partial charge in [-0.3, -0.25) is 4.79 Å². The molecule has 1 aromatic rings. The van der Waals surface area contributed by atoms with Crippen LogP contribution in [0.1, 0.15) is 23.7 Å². The average molecular weight is 291 g/mol. The lowest BCUT2D eigenvalue weighted by molar-refractivity contribution is 0.0242. The van der Waals surface area contributed by atoms with Crippen LogP contribution in [0.5, 0.6) is 0 Å². The first kappa shape index (κ1) is 16.5. The van der Waals surface area contributed by atoms with Gasteiger partial charge in [0, 0.05) is 38.8 Å². The summed E-state index contributed by atoms with van der Waals surface area (Å²) in [6.45, 7) is 1.50. The van der Waals surface area contributed by atoms with E-state index in [1.807, 2.05) is 0 Å². The highest BCUT2D eigenvalue weighted by Gasteiger charge is 2.24. The summed E-state index contributed by atoms with van der Waals surface area (Å²) < 4.78 is 44.2. The Kier molecular flexibility index (Phi) is 5.52. The zero-order valence-corrected chi connectivity index (χ0v) is 11.2. The first-order valence-corrected chi connectivity index (χ1v) is 5.91. The number of amides is 1. The molecule has 0 spiro atoms. The zero-order valence-electron chi connectivity index (χ0n) is 11.2. The predicted molar refractivity (Wildman–Crippen MR) is 65.8 cm³/mol. The lowest BCUT2D eigenvalue weighted by atomic mass is 10.0. The van der Waals surface area contributed by atoms with E-state index < -0.39 is 34.5 Å². The quantitative estimate of drug-likeness (QED) is 0.837. The van der Waals surface area contributed by atoms with Crippen molar-refractivity contribution in [2.75, 3.05) is 20.3 Å². The van der Waals surface area contributed by atoms with E-state index >= 15 is 0 Å². The lowest BCUT2D eigenvalue weighted by Crippen LogP contribution is -2.41. The van der Waals surface area contributed by atoms with Crippen LogP contribution in [0.2, 0.25) is 0 Å². The molecule has 2 N–H and O–H groups in total. The van der Waals surface area contributed by atoms with Crippen molar-refractivity contribution in [1.82, 2.24) is 5.32 Å². The summed E-state index contributed by atoms with van der Waals surface area (Å²) in [7, 11) is 1.46. The van der Waals surface area contributed by atoms with Gasteiger partial charge in [-0.15, -0.1) is 0 Å². The van der Waals surface area contributed by atoms with Gasteiger partial charge in [-0.2, -0.15) is 0 Å². The monoisotopic (exact) mass is 291 g/mol. The molecule has 0 saturated heterocycles. The summed E-state index contributed by atoms with van der Waals surface area (Å²) in [5.41, 5.74) is -2.16. The van der Waals surface area contributed by atoms with E-state index in [1.165, 1.54) is 14.0 Å². The van der Waals surface area contributed by atoms with E-state index in [1.54, 1.807) is 0 Å². The van der Waals surface area contributed by atoms with E-state index in [9.17, 15) is 23.1 Å². The first-order chi connectivity index (χ1) is 9.26. The summed E-state index contributed by atoms with van der Waals surface area (Å²) in [6, 6.07) is 0.835. The van der Waals surface area contributed by atoms with Gasteiger partial charge < -0.3 is 15.2 Å². The minimum Gasteiger partial charge on any atom is -0.388 e. The molecule has 0 bridgehead atoms. The fraction of sp³-hybridized carbons (Fsp3) is 0.462. The van der Waals surface area contributed by atoms with Crippen LogP contribution in [0.25, 0.3) is 0 Å². The Balaban J connectivity index is 2.73. The average Bonchev–Trinajstić information content (AvgIpc) is 2.33. The van der Waals surface area contributed by atoms with Crippen LogP contribution in [0.15, 0.2) is 12.1 Å². The lowest BCUT2D eigenvalue weighted by Gasteiger charge is -2.23. The van der Waals surface area contributed by atoms with E-state index in [0.717, 1.165) is 0 Å². The maximum absolute atomic E-state index is 13.4. The van der Waals surface area contributed by atoms with Gasteiger partial charge in [0.2, 0.25) is 0 Å². The summed E-state index contributed by atoms with van der Waals surface area (Å²) in [6.07, 6.45) is 0.234. The van der Waals surface area contributed by atoms with E-state index in [0.29, 0.717) is 12.1 Å². The van der Waals surface area contributed by atoms with Gasteiger partial charge >= 0.3 is 0 Å². The summed E-state index contributed by atoms with van der Waals surface area (Å²) in [5, 5.41) is 12.1. The van der Waals surface area contributed by atoms with E-state index in [-0.39, 0.29) is 19.6 Å². The van der Waals surface area contributed by atoms with Crippen molar-refractivity contribution in [1.29, 1.82) is 0 Å². The summed E-state index contributed by atoms with van der Waals surface area (Å²) in [5.74, 6) is -4.76. The molecule has 1 aromatic carbocycles. The number of aliphatic hydroxyl groups is 1. The summed E-state index contributed by atoms with van der Waals surface area (Å²) >= 11 is 0. The third-order valence-corrected chi connectivity index (χ3v) is 2.71. The Bertz CT molecular complexity index is 469. The first-order valence-electron chi connectivity index (χ1n) is 5.91. The van der Waals surface area contributed by atoms with Crippen LogP contribution in [0.3, 0.4) is 0 Å². The highest BCUT2D eigenvalue weighted by molar-refractivity contribution is 5.94. The molecular formula is C13H16F3NO3. The highest BCUT2D eigenvalue weighted by Crippen LogP contribution is 2.15. The number of halogens is 3. The molecule has 112 valence electrons. The molecular weight excluding hydrogens is 275 g/mol. The van der Waals surface area contributed by atoms with Gasteiger partial charge in [0.25, 0.3) is 5.91 Å². The second-order valence-corrected chi connectivity index (χ2v) is 4.67. The molecule has 0 aromatic heterocycles. The molecule has 1 atom stereocenters. The Morgan fingerprint density at radius 3 is 2.40 bits per heavy atom. The summed E-state index contributed by atoms with van der Waals surface area (Å²) in [4.78, 5) is 11.7. The highest BCUT2D eigenvalue weighted by atomic mass is 19.1. The third kappa shape index (κ3) is 4.50. The largest absolute Gasteiger partial charge is 0.388 e. The second kappa shape index (κ2) is 6.71. The van der Waals surface area contributed by atoms with Crippen LogP contribution in [0, 0.1) is 17.5 Å². The molecule has 0 fully saturated rings. The number of benzene rings is 1. The molecule has 20 heavy (non-hydrogen) atoms. The predicted octanol–water partition coefficient (Wildman–Crippen LogP) is 1.62. The fourth-order valence-corrected chi connectivity index (χ4v) is 1.53. The number of methoxy groups -OCH3 is 1. The standard InChI is InChI=1S/C13H16F3NO3/c1-13(19,3-4-20-2)7-17-12(18)11-9(15)5-8(14)6-10(11)16/h5-6,19H,3-4,7H2,1-2H3,(H,17,18). The van der Waals surface area contributed by atoms with E-state index in [2.05, 4.69) is 5.32 Å². The van der Waals surface area contributed by atoms with E-state index in [4.69, 9.17) is 4.74 Å². The van der Waals surface area contributed by atoms with Crippen LogP contribution in [-0.4, -0.2) is 36.9 Å². The molecule has 1 unspecified atom stereocenters. The number of nitrogens with one attached hydrogen (secondary N) is 1. The molecule has 7 heteroatoms. The Hall–Kier alpha value is -1.60. The Morgan fingerprint density at radius 2 is 1.90 bits per heavy atom. The van der Waals surface area contributed by atoms with Gasteiger partial charge in [0.15, 0.2) is 0 Å². The van der Waals surface area contributed by atoms with Crippen LogP contribution in [-0.2, 0) is 4.74 Å². The Morgan fingerprint density at radius 1 is 1.35 bits per heavy atom. The number of carbonyl (C=O) groups is 1. The van der Waals surface area contributed by atoms with Crippen LogP contribution < -0.4 is 5.32 Å². The fourth-order valence-electron chi connectivity index (χ4n) is 1.53. The smallest absolute Gasteiger partial charge is 0.257 e. The number of hydrogen-bond donors (Lipinski definition) is 2. The minimum atomic E-state index is -1.29. The SMILES string of the molecule is COCCC(C)(O)CNC(=O)c1c(F)cc(F)cc1F. The van der Waals surface area contributed by atoms with Gasteiger partial charge in [-0.05, 0) is 6.92 Å². The Labute approximate surface area is 114 Å². The molecule has 4 nitrogen and oxygen atoms in total. The van der Waals surface area contributed by atoms with Crippen LogP contribution in [0.4, 0.5) is 13.2 Å². The minimum absolute atomic E-state index is 0.217. The zero-order chi connectivity index (χ0) is 15.3. The molecule has 0 aliphatic heterocycles. The van der Waals surface area contributed by atoms with Crippen molar-refractivity contribution in [3.63, 3.8) is 0 Å². The molecule has 0 saturated carbocycles. The molecule has 0 aliphatic rings. The number of carbonyl (C=O) groups excluding carboxylic acids is 1. The van der Waals surface area contributed by atoms with Gasteiger partial charge in [0.1, 0.15) is 23.0 Å². The topological polar surface area (TPSA) is 58.6 Å². The van der Waals surface area contributed by atoms with Crippen molar-refractivity contribution >= 4 is 5.91 Å². The van der Waals surface area contributed by atoms with Crippen molar-refractivity contribution in [3.8, 4) is 0 Å². The van der Waals surface area contributed by atoms with Gasteiger partial charge in [0.05, 0.1) is 5.60 Å². The third-order valence-electron chi connectivity index (χ3n) is 2.71. The maximum atomic E-state index is 13.4. The number of hydrogen-bond acceptors (Lipinski definition) is 3. The molecule has 1 rings (SSSR count). The molecule has 1 amide bonds. The van der Waals surface area contributed by atoms with Crippen molar-refractivity contribution in [3.05, 3.63) is 35.1 Å². The maximum Gasteiger partial charge on any atom is 0.257 e. The molecule has 0 heterocycles. The van der Waals surface area contributed by atoms with Crippen molar-refractivity contribution < 1.29 is 27.8 Å². The normalized spacial score (nSPS) is 13.9. The van der Waals surface area contributed by atoms with Crippen molar-refractivity contribution in [2.24, 2.45) is 0 Å². The van der Waals surface area contributed by atoms with Gasteiger partial charge in [-0.25, -0.2) is 13.2 Å². The second-order valence-electron chi connectivity index (χ2n) is 4.67. The van der Waals surface area contributed by atoms with Crippen LogP contribution >= 0.6 is 0 Å².